The normalized spacial score (nSPS) is 16.5. The van der Waals surface area contributed by atoms with E-state index in [1.165, 1.54) is 6.20 Å². The van der Waals surface area contributed by atoms with E-state index in [9.17, 15) is 9.59 Å². The number of ether oxygens (including phenoxy) is 1. The molecule has 4 N–H and O–H groups in total. The molecule has 114 valence electrons. The lowest BCUT2D eigenvalue weighted by Crippen LogP contribution is -2.33. The Morgan fingerprint density at radius 3 is 3.05 bits per heavy atom. The van der Waals surface area contributed by atoms with E-state index in [0.717, 1.165) is 11.3 Å². The van der Waals surface area contributed by atoms with Crippen molar-refractivity contribution in [2.45, 2.75) is 6.42 Å². The van der Waals surface area contributed by atoms with Gasteiger partial charge in [-0.1, -0.05) is 11.6 Å². The topological polar surface area (TPSA) is 110 Å². The molecule has 1 atom stereocenters. The first-order chi connectivity index (χ1) is 10.5. The number of H-pyrrole nitrogens is 1. The van der Waals surface area contributed by atoms with Crippen molar-refractivity contribution in [3.63, 3.8) is 0 Å². The van der Waals surface area contributed by atoms with Gasteiger partial charge in [0.1, 0.15) is 18.1 Å². The number of hydrogen-bond acceptors (Lipinski definition) is 4. The summed E-state index contributed by atoms with van der Waals surface area (Å²) < 4.78 is 5.57. The molecule has 3 rings (SSSR count). The van der Waals surface area contributed by atoms with Crippen LogP contribution >= 0.6 is 11.6 Å². The van der Waals surface area contributed by atoms with Crippen LogP contribution in [0, 0.1) is 5.92 Å². The average Bonchev–Trinajstić information content (AvgIpc) is 2.94. The van der Waals surface area contributed by atoms with Gasteiger partial charge in [-0.25, -0.2) is 0 Å². The zero-order valence-corrected chi connectivity index (χ0v) is 12.2. The maximum absolute atomic E-state index is 12.3. The Kier molecular flexibility index (Phi) is 3.72. The van der Waals surface area contributed by atoms with Crippen LogP contribution in [0.2, 0.25) is 5.02 Å². The van der Waals surface area contributed by atoms with Crippen LogP contribution in [0.3, 0.4) is 0 Å². The number of aromatic amines is 1. The second-order valence-electron chi connectivity index (χ2n) is 4.98. The number of rotatable bonds is 3. The van der Waals surface area contributed by atoms with Crippen LogP contribution in [0.4, 0.5) is 5.69 Å². The van der Waals surface area contributed by atoms with Gasteiger partial charge < -0.3 is 15.8 Å². The number of fused-ring (bicyclic) bond motifs is 1. The lowest BCUT2D eigenvalue weighted by Gasteiger charge is -2.24. The molecular weight excluding hydrogens is 308 g/mol. The summed E-state index contributed by atoms with van der Waals surface area (Å²) in [5.41, 5.74) is 6.39. The zero-order valence-electron chi connectivity index (χ0n) is 11.4. The highest BCUT2D eigenvalue weighted by Crippen LogP contribution is 2.30. The largest absolute Gasteiger partial charge is 0.492 e. The summed E-state index contributed by atoms with van der Waals surface area (Å²) in [5, 5.41) is 9.38. The van der Waals surface area contributed by atoms with E-state index in [2.05, 4.69) is 15.5 Å². The minimum Gasteiger partial charge on any atom is -0.492 e. The summed E-state index contributed by atoms with van der Waals surface area (Å²) in [7, 11) is 0. The maximum Gasteiger partial charge on any atom is 0.268 e. The zero-order chi connectivity index (χ0) is 15.7. The van der Waals surface area contributed by atoms with Crippen molar-refractivity contribution in [2.75, 3.05) is 11.9 Å². The highest BCUT2D eigenvalue weighted by atomic mass is 35.5. The Hall–Kier alpha value is -2.54. The Balaban J connectivity index is 1.74. The van der Waals surface area contributed by atoms with Gasteiger partial charge >= 0.3 is 0 Å². The second-order valence-corrected chi connectivity index (χ2v) is 5.41. The monoisotopic (exact) mass is 320 g/mol. The fourth-order valence-electron chi connectivity index (χ4n) is 2.34. The van der Waals surface area contributed by atoms with Gasteiger partial charge in [-0.15, -0.1) is 0 Å². The molecule has 7 nitrogen and oxygen atoms in total. The fourth-order valence-corrected chi connectivity index (χ4v) is 2.53. The number of nitrogens with one attached hydrogen (secondary N) is 2. The van der Waals surface area contributed by atoms with Gasteiger partial charge in [0.25, 0.3) is 5.91 Å². The molecule has 1 aliphatic rings. The molecule has 0 spiro atoms. The number of carbonyl (C=O) groups excluding carboxylic acids is 2. The SMILES string of the molecule is NC(=O)c1[nH]ncc1NC(=O)C1COc2ccc(Cl)cc2C1. The highest BCUT2D eigenvalue weighted by molar-refractivity contribution is 6.30. The standard InChI is InChI=1S/C14H13ClN4O3/c15-9-1-2-11-7(4-9)3-8(6-22-11)14(21)18-10-5-17-19-12(10)13(16)20/h1-2,4-5,8H,3,6H2,(H2,16,20)(H,17,19)(H,18,21). The van der Waals surface area contributed by atoms with Crippen molar-refractivity contribution >= 4 is 29.1 Å². The molecule has 0 saturated heterocycles. The number of nitrogens with two attached hydrogens (primary N) is 1. The number of primary amides is 1. The molecule has 2 aromatic rings. The summed E-state index contributed by atoms with van der Waals surface area (Å²) >= 11 is 5.95. The van der Waals surface area contributed by atoms with Crippen molar-refractivity contribution < 1.29 is 14.3 Å². The van der Waals surface area contributed by atoms with E-state index in [1.807, 2.05) is 0 Å². The van der Waals surface area contributed by atoms with E-state index in [0.29, 0.717) is 11.4 Å². The first-order valence-electron chi connectivity index (χ1n) is 6.60. The summed E-state index contributed by atoms with van der Waals surface area (Å²) in [6.45, 7) is 0.254. The van der Waals surface area contributed by atoms with Crippen molar-refractivity contribution in [2.24, 2.45) is 11.7 Å². The molecule has 1 aromatic carbocycles. The number of anilines is 1. The molecule has 22 heavy (non-hydrogen) atoms. The number of aromatic nitrogens is 2. The smallest absolute Gasteiger partial charge is 0.268 e. The van der Waals surface area contributed by atoms with Gasteiger partial charge in [0.15, 0.2) is 0 Å². The summed E-state index contributed by atoms with van der Waals surface area (Å²) in [6.07, 6.45) is 1.85. The van der Waals surface area contributed by atoms with Gasteiger partial charge in [-0.2, -0.15) is 5.10 Å². The maximum atomic E-state index is 12.3. The fraction of sp³-hybridized carbons (Fsp3) is 0.214. The summed E-state index contributed by atoms with van der Waals surface area (Å²) in [6, 6.07) is 5.31. The van der Waals surface area contributed by atoms with Crippen molar-refractivity contribution in [1.29, 1.82) is 0 Å². The van der Waals surface area contributed by atoms with Crippen molar-refractivity contribution in [3.8, 4) is 5.75 Å². The molecule has 2 amide bonds. The molecule has 8 heteroatoms. The minimum atomic E-state index is -0.690. The number of halogens is 1. The highest BCUT2D eigenvalue weighted by Gasteiger charge is 2.27. The number of hydrogen-bond donors (Lipinski definition) is 3. The number of benzene rings is 1. The first-order valence-corrected chi connectivity index (χ1v) is 6.97. The molecule has 2 heterocycles. The average molecular weight is 321 g/mol. The summed E-state index contributed by atoms with van der Waals surface area (Å²) in [4.78, 5) is 23.5. The van der Waals surface area contributed by atoms with Gasteiger partial charge in [-0.05, 0) is 30.2 Å². The van der Waals surface area contributed by atoms with E-state index in [1.54, 1.807) is 18.2 Å². The Labute approximate surface area is 130 Å². The van der Waals surface area contributed by atoms with Crippen LogP contribution < -0.4 is 15.8 Å². The Morgan fingerprint density at radius 1 is 1.45 bits per heavy atom. The lowest BCUT2D eigenvalue weighted by molar-refractivity contribution is -0.121. The van der Waals surface area contributed by atoms with Gasteiger partial charge in [0.2, 0.25) is 5.91 Å². The third-order valence-electron chi connectivity index (χ3n) is 3.44. The predicted molar refractivity (Wildman–Crippen MR) is 79.9 cm³/mol. The minimum absolute atomic E-state index is 0.0634. The predicted octanol–water partition coefficient (Wildman–Crippen LogP) is 1.35. The molecule has 0 fully saturated rings. The van der Waals surface area contributed by atoms with Gasteiger partial charge in [0, 0.05) is 5.02 Å². The molecule has 0 aliphatic carbocycles. The van der Waals surface area contributed by atoms with Crippen LogP contribution in [0.5, 0.6) is 5.75 Å². The molecular formula is C14H13ClN4O3. The van der Waals surface area contributed by atoms with E-state index in [-0.39, 0.29) is 29.8 Å². The molecule has 1 unspecified atom stereocenters. The van der Waals surface area contributed by atoms with Crippen molar-refractivity contribution in [1.82, 2.24) is 10.2 Å². The Morgan fingerprint density at radius 2 is 2.27 bits per heavy atom. The molecule has 0 bridgehead atoms. The first kappa shape index (κ1) is 14.4. The Bertz CT molecular complexity index is 743. The van der Waals surface area contributed by atoms with Crippen molar-refractivity contribution in [3.05, 3.63) is 40.7 Å². The number of carbonyl (C=O) groups is 2. The summed E-state index contributed by atoms with van der Waals surface area (Å²) in [5.74, 6) is -0.615. The van der Waals surface area contributed by atoms with Gasteiger partial charge in [-0.3, -0.25) is 14.7 Å². The number of amides is 2. The van der Waals surface area contributed by atoms with Gasteiger partial charge in [0.05, 0.1) is 17.8 Å². The van der Waals surface area contributed by atoms with E-state index >= 15 is 0 Å². The van der Waals surface area contributed by atoms with Crippen LogP contribution in [-0.2, 0) is 11.2 Å². The van der Waals surface area contributed by atoms with Crippen LogP contribution in [-0.4, -0.2) is 28.6 Å². The van der Waals surface area contributed by atoms with Crippen LogP contribution in [0.1, 0.15) is 16.1 Å². The number of nitrogens with zero attached hydrogens (tertiary/aromatic N) is 1. The lowest BCUT2D eigenvalue weighted by atomic mass is 9.96. The van der Waals surface area contributed by atoms with Crippen LogP contribution in [0.15, 0.2) is 24.4 Å². The quantitative estimate of drug-likeness (QED) is 0.792. The second kappa shape index (κ2) is 5.69. The third kappa shape index (κ3) is 2.75. The molecule has 0 saturated carbocycles. The van der Waals surface area contributed by atoms with Crippen LogP contribution in [0.25, 0.3) is 0 Å². The third-order valence-corrected chi connectivity index (χ3v) is 3.68. The molecule has 1 aliphatic heterocycles. The van der Waals surface area contributed by atoms with E-state index < -0.39 is 5.91 Å². The molecule has 0 radical (unpaired) electrons. The van der Waals surface area contributed by atoms with E-state index in [4.69, 9.17) is 22.1 Å². The molecule has 1 aromatic heterocycles.